The van der Waals surface area contributed by atoms with Gasteiger partial charge < -0.3 is 14.6 Å². The van der Waals surface area contributed by atoms with Crippen LogP contribution in [-0.4, -0.2) is 34.3 Å². The van der Waals surface area contributed by atoms with Gasteiger partial charge >= 0.3 is 0 Å². The lowest BCUT2D eigenvalue weighted by molar-refractivity contribution is 0.181. The molecule has 0 aliphatic rings. The molecule has 136 valence electrons. The number of aliphatic hydroxyl groups excluding tert-OH is 1. The third-order valence-corrected chi connectivity index (χ3v) is 4.92. The molecule has 25 heavy (non-hydrogen) atoms. The van der Waals surface area contributed by atoms with E-state index >= 15 is 0 Å². The van der Waals surface area contributed by atoms with Crippen LogP contribution in [0, 0.1) is 11.6 Å². The summed E-state index contributed by atoms with van der Waals surface area (Å²) >= 11 is 0. The van der Waals surface area contributed by atoms with E-state index in [1.54, 1.807) is 6.07 Å². The van der Waals surface area contributed by atoms with Gasteiger partial charge in [-0.15, -0.1) is 0 Å². The minimum Gasteiger partial charge on any atom is -0.493 e. The third-order valence-electron chi connectivity index (χ3n) is 3.45. The second kappa shape index (κ2) is 7.77. The molecule has 2 N–H and O–H groups in total. The Bertz CT molecular complexity index is 837. The minimum absolute atomic E-state index is 0.342. The van der Waals surface area contributed by atoms with Gasteiger partial charge in [-0.2, -0.15) is 0 Å². The van der Waals surface area contributed by atoms with Crippen LogP contribution in [0.2, 0.25) is 0 Å². The van der Waals surface area contributed by atoms with Crippen molar-refractivity contribution in [3.8, 4) is 11.5 Å². The van der Waals surface area contributed by atoms with Gasteiger partial charge in [-0.3, -0.25) is 0 Å². The summed E-state index contributed by atoms with van der Waals surface area (Å²) in [5.74, 6) is -1.64. The highest BCUT2D eigenvalue weighted by molar-refractivity contribution is 7.89. The number of methoxy groups -OCH3 is 2. The first kappa shape index (κ1) is 19.1. The Kier molecular flexibility index (Phi) is 5.93. The van der Waals surface area contributed by atoms with E-state index in [-0.39, 0.29) is 0 Å². The number of nitrogens with one attached hydrogen (secondary N) is 1. The van der Waals surface area contributed by atoms with Crippen LogP contribution >= 0.6 is 0 Å². The molecular formula is C16H17F2NO5S. The smallest absolute Gasteiger partial charge is 0.246 e. The molecule has 0 aliphatic heterocycles. The third kappa shape index (κ3) is 4.25. The Morgan fingerprint density at radius 3 is 2.24 bits per heavy atom. The molecule has 2 aromatic rings. The zero-order valence-corrected chi connectivity index (χ0v) is 14.3. The number of aliphatic hydroxyl groups is 1. The van der Waals surface area contributed by atoms with Crippen molar-refractivity contribution in [1.82, 2.24) is 4.72 Å². The lowest BCUT2D eigenvalue weighted by Gasteiger charge is -2.15. The maximum atomic E-state index is 13.6. The fourth-order valence-electron chi connectivity index (χ4n) is 2.18. The number of benzene rings is 2. The topological polar surface area (TPSA) is 84.9 Å². The number of hydrogen-bond acceptors (Lipinski definition) is 5. The van der Waals surface area contributed by atoms with Crippen molar-refractivity contribution in [2.24, 2.45) is 0 Å². The van der Waals surface area contributed by atoms with Gasteiger partial charge in [0.25, 0.3) is 0 Å². The van der Waals surface area contributed by atoms with Crippen LogP contribution in [-0.2, 0) is 10.0 Å². The first-order valence-corrected chi connectivity index (χ1v) is 8.62. The summed E-state index contributed by atoms with van der Waals surface area (Å²) in [5.41, 5.74) is 0.342. The maximum Gasteiger partial charge on any atom is 0.246 e. The van der Waals surface area contributed by atoms with Crippen LogP contribution in [0.3, 0.4) is 0 Å². The van der Waals surface area contributed by atoms with Crippen LogP contribution in [0.15, 0.2) is 41.3 Å². The normalized spacial score (nSPS) is 12.7. The Morgan fingerprint density at radius 1 is 1.08 bits per heavy atom. The molecule has 0 saturated carbocycles. The quantitative estimate of drug-likeness (QED) is 0.775. The van der Waals surface area contributed by atoms with Gasteiger partial charge in [-0.1, -0.05) is 12.1 Å². The molecule has 1 atom stereocenters. The molecular weight excluding hydrogens is 356 g/mol. The van der Waals surface area contributed by atoms with Crippen LogP contribution in [0.25, 0.3) is 0 Å². The average Bonchev–Trinajstić information content (AvgIpc) is 2.58. The maximum absolute atomic E-state index is 13.6. The van der Waals surface area contributed by atoms with Crippen LogP contribution in [0.1, 0.15) is 11.7 Å². The summed E-state index contributed by atoms with van der Waals surface area (Å²) in [5, 5.41) is 10.1. The summed E-state index contributed by atoms with van der Waals surface area (Å²) < 4.78 is 63.6. The van der Waals surface area contributed by atoms with Gasteiger partial charge in [0.15, 0.2) is 16.4 Å². The predicted octanol–water partition coefficient (Wildman–Crippen LogP) is 1.99. The molecule has 0 aromatic heterocycles. The van der Waals surface area contributed by atoms with Crippen molar-refractivity contribution in [1.29, 1.82) is 0 Å². The minimum atomic E-state index is -4.47. The highest BCUT2D eigenvalue weighted by Gasteiger charge is 2.24. The van der Waals surface area contributed by atoms with Gasteiger partial charge in [-0.05, 0) is 29.8 Å². The van der Waals surface area contributed by atoms with E-state index in [2.05, 4.69) is 0 Å². The fourth-order valence-corrected chi connectivity index (χ4v) is 3.35. The van der Waals surface area contributed by atoms with Gasteiger partial charge in [-0.25, -0.2) is 21.9 Å². The molecule has 0 aliphatic carbocycles. The Hall–Kier alpha value is -2.23. The molecule has 0 radical (unpaired) electrons. The van der Waals surface area contributed by atoms with Crippen LogP contribution < -0.4 is 14.2 Å². The molecule has 6 nitrogen and oxygen atoms in total. The lowest BCUT2D eigenvalue weighted by atomic mass is 10.1. The van der Waals surface area contributed by atoms with E-state index in [0.29, 0.717) is 17.1 Å². The van der Waals surface area contributed by atoms with Gasteiger partial charge in [0.1, 0.15) is 11.6 Å². The predicted molar refractivity (Wildman–Crippen MR) is 86.1 cm³/mol. The second-order valence-electron chi connectivity index (χ2n) is 5.03. The van der Waals surface area contributed by atoms with Crippen molar-refractivity contribution in [2.75, 3.05) is 20.8 Å². The summed E-state index contributed by atoms with van der Waals surface area (Å²) in [6, 6.07) is 7.26. The fraction of sp³-hybridized carbons (Fsp3) is 0.250. The SMILES string of the molecule is COc1ccc([C@H](O)CNS(=O)(=O)c2c(F)cccc2F)cc1OC. The summed E-state index contributed by atoms with van der Waals surface area (Å²) in [6.07, 6.45) is -1.26. The van der Waals surface area contributed by atoms with Crippen molar-refractivity contribution in [3.63, 3.8) is 0 Å². The molecule has 0 spiro atoms. The van der Waals surface area contributed by atoms with Crippen molar-refractivity contribution in [2.45, 2.75) is 11.0 Å². The van der Waals surface area contributed by atoms with Gasteiger partial charge in [0, 0.05) is 6.54 Å². The molecule has 0 unspecified atom stereocenters. The number of sulfonamides is 1. The van der Waals surface area contributed by atoms with Gasteiger partial charge in [0.2, 0.25) is 10.0 Å². The van der Waals surface area contributed by atoms with Gasteiger partial charge in [0.05, 0.1) is 20.3 Å². The Morgan fingerprint density at radius 2 is 1.68 bits per heavy atom. The average molecular weight is 373 g/mol. The van der Waals surface area contributed by atoms with E-state index in [1.165, 1.54) is 26.4 Å². The highest BCUT2D eigenvalue weighted by atomic mass is 32.2. The zero-order chi connectivity index (χ0) is 18.6. The Labute approximate surface area is 144 Å². The summed E-state index contributed by atoms with van der Waals surface area (Å²) in [4.78, 5) is -1.09. The monoisotopic (exact) mass is 373 g/mol. The zero-order valence-electron chi connectivity index (χ0n) is 13.5. The van der Waals surface area contributed by atoms with E-state index in [4.69, 9.17) is 9.47 Å². The second-order valence-corrected chi connectivity index (χ2v) is 6.74. The molecule has 0 amide bonds. The molecule has 9 heteroatoms. The number of halogens is 2. The molecule has 0 saturated heterocycles. The van der Waals surface area contributed by atoms with Crippen LogP contribution in [0.4, 0.5) is 8.78 Å². The number of ether oxygens (including phenoxy) is 2. The number of hydrogen-bond donors (Lipinski definition) is 2. The first-order chi connectivity index (χ1) is 11.8. The number of rotatable bonds is 7. The summed E-state index contributed by atoms with van der Waals surface area (Å²) in [7, 11) is -1.61. The van der Waals surface area contributed by atoms with Crippen molar-refractivity contribution >= 4 is 10.0 Å². The highest BCUT2D eigenvalue weighted by Crippen LogP contribution is 2.30. The van der Waals surface area contributed by atoms with Crippen LogP contribution in [0.5, 0.6) is 11.5 Å². The molecule has 0 bridgehead atoms. The molecule has 0 heterocycles. The Balaban J connectivity index is 2.18. The van der Waals surface area contributed by atoms with Crippen molar-refractivity contribution in [3.05, 3.63) is 53.6 Å². The summed E-state index contributed by atoms with van der Waals surface area (Å²) in [6.45, 7) is -0.481. The largest absolute Gasteiger partial charge is 0.493 e. The van der Waals surface area contributed by atoms with Crippen molar-refractivity contribution < 1.29 is 31.8 Å². The van der Waals surface area contributed by atoms with E-state index in [1.807, 2.05) is 4.72 Å². The lowest BCUT2D eigenvalue weighted by Crippen LogP contribution is -2.30. The molecule has 2 rings (SSSR count). The first-order valence-electron chi connectivity index (χ1n) is 7.14. The molecule has 2 aromatic carbocycles. The van der Waals surface area contributed by atoms with E-state index in [0.717, 1.165) is 18.2 Å². The van der Waals surface area contributed by atoms with E-state index < -0.39 is 39.2 Å². The standard InChI is InChI=1S/C16H17F2NO5S/c1-23-14-7-6-10(8-15(14)24-2)13(20)9-19-25(21,22)16-11(17)4-3-5-12(16)18/h3-8,13,19-20H,9H2,1-2H3/t13-/m1/s1. The molecule has 0 fully saturated rings. The van der Waals surface area contributed by atoms with E-state index in [9.17, 15) is 22.3 Å².